The number of aromatic nitrogens is 1. The van der Waals surface area contributed by atoms with Crippen LogP contribution in [-0.4, -0.2) is 59.1 Å². The van der Waals surface area contributed by atoms with Crippen molar-refractivity contribution in [1.29, 1.82) is 0 Å². The molecule has 0 radical (unpaired) electrons. The van der Waals surface area contributed by atoms with Gasteiger partial charge in [-0.15, -0.1) is 0 Å². The Morgan fingerprint density at radius 3 is 1.16 bits per heavy atom. The van der Waals surface area contributed by atoms with Crippen LogP contribution in [0.4, 0.5) is 0 Å². The third-order valence-electron chi connectivity index (χ3n) is 21.0. The molecule has 1 aromatic heterocycles. The molecule has 7 aromatic rings. The number of para-hydroxylation sites is 1. The molecule has 0 aliphatic carbocycles. The SMILES string of the molecule is C.C=C(NCc1c(C)c(C)c2c(c1C)CC(C)(C)O2)NC(C)C.C=C(NCc1c(C)c(C)c2c(c1C)CCC(C)(C)O2)NC(C)C.C=C(NCc1c(C)c2ccccc2n1C)NC(C)C.C=C(NCc1c(C)cc(C)cc1C)NC(C)C.C=C(NCc1c(C)cc(OC)c(C)c1C)NC(C)C.C=C(NCc1ccc(C)cc1)NC(C)C. The Balaban J connectivity index is 0.000000361. The van der Waals surface area contributed by atoms with Crippen LogP contribution in [0.15, 0.2) is 141 Å². The highest BCUT2D eigenvalue weighted by molar-refractivity contribution is 5.85. The number of fused-ring (bicyclic) bond motifs is 3. The molecule has 2 aliphatic rings. The van der Waals surface area contributed by atoms with Crippen molar-refractivity contribution in [2.45, 2.75) is 321 Å². The number of nitrogens with one attached hydrogen (secondary N) is 12. The Labute approximate surface area is 705 Å². The summed E-state index contributed by atoms with van der Waals surface area (Å²) in [6, 6.07) is 25.9. The molecule has 0 spiro atoms. The topological polar surface area (TPSA) is 177 Å². The summed E-state index contributed by atoms with van der Waals surface area (Å²) in [5.41, 5.74) is 30.1. The van der Waals surface area contributed by atoms with Crippen LogP contribution in [-0.2, 0) is 59.2 Å². The van der Waals surface area contributed by atoms with E-state index in [1.165, 1.54) is 133 Å². The average molecular weight is 1590 g/mol. The lowest BCUT2D eigenvalue weighted by Crippen LogP contribution is -2.34. The van der Waals surface area contributed by atoms with Crippen LogP contribution in [0.1, 0.15) is 247 Å². The minimum atomic E-state index is -0.0981. The number of hydrogen-bond donors (Lipinski definition) is 12. The first kappa shape index (κ1) is 100. The van der Waals surface area contributed by atoms with Crippen LogP contribution in [0.5, 0.6) is 17.2 Å². The van der Waals surface area contributed by atoms with E-state index in [1.807, 2.05) is 0 Å². The number of methoxy groups -OCH3 is 1. The smallest absolute Gasteiger partial charge is 0.126 e. The van der Waals surface area contributed by atoms with Crippen molar-refractivity contribution in [2.75, 3.05) is 7.11 Å². The van der Waals surface area contributed by atoms with Crippen molar-refractivity contribution in [2.24, 2.45) is 7.05 Å². The number of rotatable bonds is 31. The Bertz CT molecular complexity index is 4360. The van der Waals surface area contributed by atoms with Crippen LogP contribution >= 0.6 is 0 Å². The summed E-state index contributed by atoms with van der Waals surface area (Å²) >= 11 is 0. The van der Waals surface area contributed by atoms with Crippen molar-refractivity contribution in [3.8, 4) is 17.2 Å². The van der Waals surface area contributed by atoms with E-state index in [1.54, 1.807) is 7.11 Å². The lowest BCUT2D eigenvalue weighted by Gasteiger charge is -2.36. The second-order valence-corrected chi connectivity index (χ2v) is 34.6. The molecule has 642 valence electrons. The molecule has 0 saturated carbocycles. The molecule has 0 bridgehead atoms. The number of nitrogens with zero attached hydrogens (tertiary/aromatic N) is 1. The van der Waals surface area contributed by atoms with Crippen molar-refractivity contribution < 1.29 is 14.2 Å². The fraction of sp³-hybridized carbons (Fsp3) is 0.500. The van der Waals surface area contributed by atoms with Crippen LogP contribution < -0.4 is 78.0 Å². The Hall–Kier alpha value is -9.70. The molecule has 16 heteroatoms. The number of aryl methyl sites for hydroxylation is 7. The van der Waals surface area contributed by atoms with Crippen molar-refractivity contribution in [3.05, 3.63) is 264 Å². The van der Waals surface area contributed by atoms with Gasteiger partial charge in [-0.1, -0.05) is 113 Å². The summed E-state index contributed by atoms with van der Waals surface area (Å²) in [6.45, 7) is 92.9. The van der Waals surface area contributed by atoms with E-state index in [4.69, 9.17) is 14.2 Å². The molecule has 2 aliphatic heterocycles. The zero-order valence-corrected chi connectivity index (χ0v) is 77.6. The van der Waals surface area contributed by atoms with Gasteiger partial charge in [0.2, 0.25) is 0 Å². The molecule has 0 amide bonds. The van der Waals surface area contributed by atoms with Gasteiger partial charge in [0.1, 0.15) is 28.5 Å². The van der Waals surface area contributed by atoms with Gasteiger partial charge in [-0.05, 0) is 333 Å². The maximum Gasteiger partial charge on any atom is 0.126 e. The highest BCUT2D eigenvalue weighted by atomic mass is 16.5. The molecule has 9 rings (SSSR count). The number of ether oxygens (including phenoxy) is 3. The first-order valence-electron chi connectivity index (χ1n) is 41.6. The molecule has 0 unspecified atom stereocenters. The molecule has 116 heavy (non-hydrogen) atoms. The van der Waals surface area contributed by atoms with E-state index < -0.39 is 0 Å². The largest absolute Gasteiger partial charge is 0.496 e. The normalized spacial score (nSPS) is 12.4. The molecule has 3 heterocycles. The van der Waals surface area contributed by atoms with Gasteiger partial charge >= 0.3 is 0 Å². The van der Waals surface area contributed by atoms with E-state index in [9.17, 15) is 0 Å². The molecule has 0 atom stereocenters. The van der Waals surface area contributed by atoms with E-state index in [-0.39, 0.29) is 18.6 Å². The van der Waals surface area contributed by atoms with Crippen LogP contribution in [0.2, 0.25) is 0 Å². The second-order valence-electron chi connectivity index (χ2n) is 34.6. The maximum atomic E-state index is 6.29. The van der Waals surface area contributed by atoms with E-state index in [0.717, 1.165) is 111 Å². The fourth-order valence-electron chi connectivity index (χ4n) is 14.6. The standard InChI is InChI=1S/C20H32N2O.C19H30N2O.C16H23N3.C16H26N2O.C15H24N2.C13H20N2.CH4/c1-12(2)22-16(6)21-11-18-13(3)14(4)19-17(15(18)5)9-10-20(7,8)23-19;1-11(2)21-15(6)20-10-17-12(3)13(4)18-16(14(17)5)9-19(7,8)22-18;1-11(2)18-13(4)17-10-16-12(3)14-8-6-7-9-15(14)19(16)5;1-10(2)18-14(6)17-9-15-11(3)8-16(19-7)13(5)12(15)4;1-10(2)17-14(6)16-9-15-12(4)7-11(3)8-13(15)5;1-10(2)15-12(4)14-9-13-7-5-11(3)6-8-13;/h12,21-22H,6,9-11H2,1-5,7-8H3;11,20-21H,6,9-10H2,1-5,7-8H3;6-9,11,17-18H,4,10H2,1-3,5H3;8,10,17-18H,6,9H2,1-5,7H3;7-8,10,16-17H,6,9H2,1-5H3;5-8,10,14-15H,4,9H2,1-3H3;1H4. The third-order valence-corrected chi connectivity index (χ3v) is 21.0. The van der Waals surface area contributed by atoms with Gasteiger partial charge in [0.25, 0.3) is 0 Å². The zero-order chi connectivity index (χ0) is 86.8. The van der Waals surface area contributed by atoms with Gasteiger partial charge in [-0.25, -0.2) is 0 Å². The maximum absolute atomic E-state index is 6.29. The third kappa shape index (κ3) is 31.4. The minimum absolute atomic E-state index is 0. The van der Waals surface area contributed by atoms with E-state index in [2.05, 4.69) is 389 Å². The summed E-state index contributed by atoms with van der Waals surface area (Å²) in [6.07, 6.45) is 3.14. The van der Waals surface area contributed by atoms with E-state index in [0.29, 0.717) is 36.3 Å². The van der Waals surface area contributed by atoms with Crippen molar-refractivity contribution in [3.63, 3.8) is 0 Å². The summed E-state index contributed by atoms with van der Waals surface area (Å²) in [4.78, 5) is 0. The molecular formula is C100H159N13O3. The molecular weight excluding hydrogens is 1430 g/mol. The molecule has 16 nitrogen and oxygen atoms in total. The lowest BCUT2D eigenvalue weighted by molar-refractivity contribution is 0.0833. The molecule has 6 aromatic carbocycles. The van der Waals surface area contributed by atoms with Gasteiger partial charge < -0.3 is 82.6 Å². The predicted octanol–water partition coefficient (Wildman–Crippen LogP) is 20.7. The van der Waals surface area contributed by atoms with Gasteiger partial charge in [0.15, 0.2) is 0 Å². The Morgan fingerprint density at radius 1 is 0.397 bits per heavy atom. The van der Waals surface area contributed by atoms with Crippen molar-refractivity contribution >= 4 is 10.9 Å². The first-order valence-corrected chi connectivity index (χ1v) is 41.6. The molecule has 0 fully saturated rings. The average Bonchev–Trinajstić information content (AvgIpc) is 1.71. The summed E-state index contributed by atoms with van der Waals surface area (Å²) in [5.74, 6) is 8.43. The van der Waals surface area contributed by atoms with Crippen LogP contribution in [0, 0.1) is 96.9 Å². The second kappa shape index (κ2) is 46.3. The summed E-state index contributed by atoms with van der Waals surface area (Å²) < 4.78 is 20.1. The zero-order valence-electron chi connectivity index (χ0n) is 77.6. The van der Waals surface area contributed by atoms with Crippen molar-refractivity contribution in [1.82, 2.24) is 68.4 Å². The monoisotopic (exact) mass is 1590 g/mol. The summed E-state index contributed by atoms with van der Waals surface area (Å²) in [7, 11) is 3.83. The lowest BCUT2D eigenvalue weighted by atomic mass is 9.85. The predicted molar refractivity (Wildman–Crippen MR) is 502 cm³/mol. The van der Waals surface area contributed by atoms with Gasteiger partial charge in [-0.3, -0.25) is 0 Å². The Morgan fingerprint density at radius 2 is 0.750 bits per heavy atom. The fourth-order valence-corrected chi connectivity index (χ4v) is 14.6. The highest BCUT2D eigenvalue weighted by Gasteiger charge is 2.35. The van der Waals surface area contributed by atoms with Gasteiger partial charge in [0.05, 0.1) is 48.6 Å². The van der Waals surface area contributed by atoms with Gasteiger partial charge in [0, 0.05) is 105 Å². The Kier molecular flexibility index (Phi) is 40.1. The van der Waals surface area contributed by atoms with Crippen LogP contribution in [0.25, 0.3) is 10.9 Å². The number of benzene rings is 6. The van der Waals surface area contributed by atoms with Crippen LogP contribution in [0.3, 0.4) is 0 Å². The van der Waals surface area contributed by atoms with Gasteiger partial charge in [-0.2, -0.15) is 0 Å². The number of hydrogen-bond acceptors (Lipinski definition) is 15. The first-order chi connectivity index (χ1) is 53.6. The van der Waals surface area contributed by atoms with E-state index >= 15 is 0 Å². The summed E-state index contributed by atoms with van der Waals surface area (Å²) in [5, 5.41) is 41.0. The quantitative estimate of drug-likeness (QED) is 0.0198. The highest BCUT2D eigenvalue weighted by Crippen LogP contribution is 2.44. The minimum Gasteiger partial charge on any atom is -0.496 e. The molecule has 0 saturated heterocycles. The molecule has 12 N–H and O–H groups in total.